The Labute approximate surface area is 147 Å². The highest BCUT2D eigenvalue weighted by atomic mass is 16.1. The summed E-state index contributed by atoms with van der Waals surface area (Å²) < 4.78 is 1.82. The normalized spacial score (nSPS) is 16.4. The molecule has 4 rings (SSSR count). The van der Waals surface area contributed by atoms with Gasteiger partial charge in [-0.05, 0) is 36.6 Å². The number of amides is 1. The van der Waals surface area contributed by atoms with Gasteiger partial charge in [0.05, 0.1) is 11.9 Å². The van der Waals surface area contributed by atoms with Crippen molar-refractivity contribution in [1.82, 2.24) is 9.78 Å². The summed E-state index contributed by atoms with van der Waals surface area (Å²) in [6.45, 7) is 4.20. The molecule has 1 amide bonds. The maximum Gasteiger partial charge on any atom is 0.226 e. The standard InChI is InChI=1S/C21H21N3O/c1-3-15-6-8-16(9-7-15)18-12-20(25)23-21-19(18)13-22-24(21)17-10-4-14(2)5-11-17/h4-11,13,18H,3,12H2,1-2H3,(H,23,25)/t18-/m0/s1. The first kappa shape index (κ1) is 15.6. The van der Waals surface area contributed by atoms with Gasteiger partial charge in [-0.25, -0.2) is 4.68 Å². The summed E-state index contributed by atoms with van der Waals surface area (Å²) in [6.07, 6.45) is 3.35. The maximum atomic E-state index is 12.3. The van der Waals surface area contributed by atoms with E-state index in [4.69, 9.17) is 0 Å². The quantitative estimate of drug-likeness (QED) is 0.781. The molecule has 0 spiro atoms. The molecule has 1 atom stereocenters. The minimum absolute atomic E-state index is 0.0333. The molecule has 4 nitrogen and oxygen atoms in total. The average molecular weight is 331 g/mol. The zero-order valence-electron chi connectivity index (χ0n) is 14.5. The van der Waals surface area contributed by atoms with Crippen LogP contribution in [0.2, 0.25) is 0 Å². The number of fused-ring (bicyclic) bond motifs is 1. The molecule has 1 N–H and O–H groups in total. The topological polar surface area (TPSA) is 46.9 Å². The largest absolute Gasteiger partial charge is 0.310 e. The highest BCUT2D eigenvalue weighted by molar-refractivity contribution is 5.94. The van der Waals surface area contributed by atoms with Crippen molar-refractivity contribution in [2.75, 3.05) is 5.32 Å². The van der Waals surface area contributed by atoms with Gasteiger partial charge in [0, 0.05) is 17.9 Å². The van der Waals surface area contributed by atoms with Crippen molar-refractivity contribution in [3.8, 4) is 5.69 Å². The smallest absolute Gasteiger partial charge is 0.226 e. The zero-order chi connectivity index (χ0) is 17.4. The Morgan fingerprint density at radius 2 is 1.84 bits per heavy atom. The van der Waals surface area contributed by atoms with Gasteiger partial charge in [-0.15, -0.1) is 0 Å². The minimum atomic E-state index is 0.0333. The van der Waals surface area contributed by atoms with Crippen LogP contribution in [0.1, 0.15) is 41.5 Å². The van der Waals surface area contributed by atoms with Crippen LogP contribution in [0.15, 0.2) is 54.7 Å². The molecule has 0 bridgehead atoms. The molecular weight excluding hydrogens is 310 g/mol. The lowest BCUT2D eigenvalue weighted by Gasteiger charge is -2.24. The Morgan fingerprint density at radius 3 is 2.52 bits per heavy atom. The number of aromatic nitrogens is 2. The second-order valence-corrected chi connectivity index (χ2v) is 6.60. The third-order valence-corrected chi connectivity index (χ3v) is 4.89. The van der Waals surface area contributed by atoms with Crippen molar-refractivity contribution in [1.29, 1.82) is 0 Å². The van der Waals surface area contributed by atoms with Gasteiger partial charge >= 0.3 is 0 Å². The summed E-state index contributed by atoms with van der Waals surface area (Å²) in [5.41, 5.74) is 5.69. The van der Waals surface area contributed by atoms with Gasteiger partial charge in [0.15, 0.2) is 0 Å². The van der Waals surface area contributed by atoms with Crippen molar-refractivity contribution in [3.63, 3.8) is 0 Å². The first-order chi connectivity index (χ1) is 12.2. The van der Waals surface area contributed by atoms with Crippen LogP contribution in [-0.2, 0) is 11.2 Å². The highest BCUT2D eigenvalue weighted by Crippen LogP contribution is 2.38. The number of rotatable bonds is 3. The molecule has 0 saturated heterocycles. The molecule has 4 heteroatoms. The third kappa shape index (κ3) is 2.84. The van der Waals surface area contributed by atoms with E-state index in [1.54, 1.807) is 0 Å². The molecule has 0 unspecified atom stereocenters. The molecular formula is C21H21N3O. The molecule has 2 heterocycles. The monoisotopic (exact) mass is 331 g/mol. The molecule has 3 aromatic rings. The van der Waals surface area contributed by atoms with E-state index in [-0.39, 0.29) is 11.8 Å². The predicted octanol–water partition coefficient (Wildman–Crippen LogP) is 4.22. The van der Waals surface area contributed by atoms with Gasteiger partial charge in [-0.2, -0.15) is 5.10 Å². The van der Waals surface area contributed by atoms with Gasteiger partial charge in [-0.3, -0.25) is 4.79 Å². The van der Waals surface area contributed by atoms with E-state index in [0.717, 1.165) is 29.1 Å². The lowest BCUT2D eigenvalue weighted by molar-refractivity contribution is -0.116. The number of nitrogens with one attached hydrogen (secondary N) is 1. The van der Waals surface area contributed by atoms with Crippen LogP contribution in [0.5, 0.6) is 0 Å². The maximum absolute atomic E-state index is 12.3. The molecule has 0 radical (unpaired) electrons. The van der Waals surface area contributed by atoms with E-state index in [1.807, 2.05) is 23.0 Å². The second-order valence-electron chi connectivity index (χ2n) is 6.60. The first-order valence-corrected chi connectivity index (χ1v) is 8.69. The summed E-state index contributed by atoms with van der Waals surface area (Å²) in [5, 5.41) is 7.55. The molecule has 2 aromatic carbocycles. The zero-order valence-corrected chi connectivity index (χ0v) is 14.5. The average Bonchev–Trinajstić information content (AvgIpc) is 3.05. The van der Waals surface area contributed by atoms with Crippen LogP contribution in [0.4, 0.5) is 5.82 Å². The summed E-state index contributed by atoms with van der Waals surface area (Å²) in [7, 11) is 0. The molecule has 1 aliphatic rings. The molecule has 126 valence electrons. The Morgan fingerprint density at radius 1 is 1.12 bits per heavy atom. The molecule has 25 heavy (non-hydrogen) atoms. The number of anilines is 1. The molecule has 0 saturated carbocycles. The van der Waals surface area contributed by atoms with E-state index in [9.17, 15) is 4.79 Å². The van der Waals surface area contributed by atoms with Crippen LogP contribution < -0.4 is 5.32 Å². The van der Waals surface area contributed by atoms with Gasteiger partial charge < -0.3 is 5.32 Å². The highest BCUT2D eigenvalue weighted by Gasteiger charge is 2.30. The van der Waals surface area contributed by atoms with Gasteiger partial charge in [0.2, 0.25) is 5.91 Å². The predicted molar refractivity (Wildman–Crippen MR) is 99.2 cm³/mol. The summed E-state index contributed by atoms with van der Waals surface area (Å²) in [5.74, 6) is 0.865. The van der Waals surface area contributed by atoms with E-state index in [0.29, 0.717) is 6.42 Å². The number of nitrogens with zero attached hydrogens (tertiary/aromatic N) is 2. The Kier molecular flexibility index (Phi) is 3.88. The molecule has 0 fully saturated rings. The Balaban J connectivity index is 1.76. The summed E-state index contributed by atoms with van der Waals surface area (Å²) in [4.78, 5) is 12.3. The van der Waals surface area contributed by atoms with E-state index < -0.39 is 0 Å². The van der Waals surface area contributed by atoms with Crippen LogP contribution in [-0.4, -0.2) is 15.7 Å². The lowest BCUT2D eigenvalue weighted by atomic mass is 9.87. The van der Waals surface area contributed by atoms with Crippen molar-refractivity contribution in [2.24, 2.45) is 0 Å². The van der Waals surface area contributed by atoms with Gasteiger partial charge in [0.25, 0.3) is 0 Å². The number of benzene rings is 2. The van der Waals surface area contributed by atoms with Crippen molar-refractivity contribution in [2.45, 2.75) is 32.6 Å². The minimum Gasteiger partial charge on any atom is -0.310 e. The first-order valence-electron chi connectivity index (χ1n) is 8.69. The number of hydrogen-bond donors (Lipinski definition) is 1. The van der Waals surface area contributed by atoms with Crippen molar-refractivity contribution < 1.29 is 4.79 Å². The Bertz CT molecular complexity index is 907. The fraction of sp³-hybridized carbons (Fsp3) is 0.238. The van der Waals surface area contributed by atoms with Crippen LogP contribution in [0.25, 0.3) is 5.69 Å². The summed E-state index contributed by atoms with van der Waals surface area (Å²) >= 11 is 0. The number of carbonyl (C=O) groups is 1. The van der Waals surface area contributed by atoms with Crippen LogP contribution in [0.3, 0.4) is 0 Å². The fourth-order valence-electron chi connectivity index (χ4n) is 3.38. The van der Waals surface area contributed by atoms with Gasteiger partial charge in [-0.1, -0.05) is 48.9 Å². The van der Waals surface area contributed by atoms with E-state index in [2.05, 4.69) is 60.7 Å². The molecule has 0 aliphatic carbocycles. The van der Waals surface area contributed by atoms with Gasteiger partial charge in [0.1, 0.15) is 5.82 Å². The Hall–Kier alpha value is -2.88. The fourth-order valence-corrected chi connectivity index (χ4v) is 3.38. The lowest BCUT2D eigenvalue weighted by Crippen LogP contribution is -2.24. The van der Waals surface area contributed by atoms with Crippen molar-refractivity contribution in [3.05, 3.63) is 77.0 Å². The number of hydrogen-bond acceptors (Lipinski definition) is 2. The van der Waals surface area contributed by atoms with Crippen LogP contribution >= 0.6 is 0 Å². The summed E-state index contributed by atoms with van der Waals surface area (Å²) in [6, 6.07) is 16.7. The van der Waals surface area contributed by atoms with Crippen molar-refractivity contribution >= 4 is 11.7 Å². The molecule has 1 aromatic heterocycles. The molecule has 1 aliphatic heterocycles. The number of carbonyl (C=O) groups excluding carboxylic acids is 1. The number of aryl methyl sites for hydroxylation is 2. The second kappa shape index (κ2) is 6.20. The van der Waals surface area contributed by atoms with Crippen LogP contribution in [0, 0.1) is 6.92 Å². The third-order valence-electron chi connectivity index (χ3n) is 4.89. The van der Waals surface area contributed by atoms with E-state index in [1.165, 1.54) is 11.1 Å². The SMILES string of the molecule is CCc1ccc([C@@H]2CC(=O)Nc3c2cnn3-c2ccc(C)cc2)cc1. The van der Waals surface area contributed by atoms with E-state index >= 15 is 0 Å².